The molecule has 1 aliphatic heterocycles. The predicted octanol–water partition coefficient (Wildman–Crippen LogP) is 1.46. The summed E-state index contributed by atoms with van der Waals surface area (Å²) in [4.78, 5) is 23.2. The van der Waals surface area contributed by atoms with E-state index in [0.29, 0.717) is 18.4 Å². The van der Waals surface area contributed by atoms with Gasteiger partial charge in [-0.1, -0.05) is 30.3 Å². The third-order valence-corrected chi connectivity index (χ3v) is 4.93. The second kappa shape index (κ2) is 7.93. The van der Waals surface area contributed by atoms with Crippen LogP contribution in [-0.4, -0.2) is 54.4 Å². The fourth-order valence-electron chi connectivity index (χ4n) is 3.65. The first kappa shape index (κ1) is 19.8. The largest absolute Gasteiger partial charge is 0.455 e. The number of carbonyl (C=O) groups excluding carboxylic acids is 2. The van der Waals surface area contributed by atoms with Crippen LogP contribution in [0, 0.1) is 0 Å². The maximum absolute atomic E-state index is 11.7. The van der Waals surface area contributed by atoms with Gasteiger partial charge < -0.3 is 28.8 Å². The standard InChI is InChI=1S/C19H24O8/c1-11(20)24-15-16(25-12(2)21)19(27-18(15)23-3)10-9-14(19)26-17(22)13-7-5-4-6-8-13/h4-8,14-18,22H,9-10H2,1-3H3/t14-,15?,16?,17?,18?,19+/m0/s1. The van der Waals surface area contributed by atoms with Gasteiger partial charge in [0.05, 0.1) is 6.10 Å². The average molecular weight is 380 g/mol. The highest BCUT2D eigenvalue weighted by molar-refractivity contribution is 5.67. The average Bonchev–Trinajstić information content (AvgIpc) is 2.94. The summed E-state index contributed by atoms with van der Waals surface area (Å²) in [5.41, 5.74) is -0.455. The number of benzene rings is 1. The number of hydrogen-bond acceptors (Lipinski definition) is 8. The van der Waals surface area contributed by atoms with Crippen molar-refractivity contribution in [3.63, 3.8) is 0 Å². The van der Waals surface area contributed by atoms with Gasteiger partial charge in [-0.25, -0.2) is 0 Å². The molecule has 8 nitrogen and oxygen atoms in total. The van der Waals surface area contributed by atoms with Crippen molar-refractivity contribution < 1.29 is 38.4 Å². The van der Waals surface area contributed by atoms with Gasteiger partial charge in [-0.15, -0.1) is 0 Å². The third-order valence-electron chi connectivity index (χ3n) is 4.93. The Kier molecular flexibility index (Phi) is 5.81. The highest BCUT2D eigenvalue weighted by Gasteiger charge is 2.67. The number of esters is 2. The zero-order chi connectivity index (χ0) is 19.6. The molecule has 3 rings (SSSR count). The minimum Gasteiger partial charge on any atom is -0.455 e. The quantitative estimate of drug-likeness (QED) is 0.585. The van der Waals surface area contributed by atoms with Gasteiger partial charge in [0.2, 0.25) is 0 Å². The zero-order valence-corrected chi connectivity index (χ0v) is 15.5. The highest BCUT2D eigenvalue weighted by atomic mass is 16.7. The van der Waals surface area contributed by atoms with E-state index in [2.05, 4.69) is 0 Å². The maximum Gasteiger partial charge on any atom is 0.303 e. The van der Waals surface area contributed by atoms with Gasteiger partial charge in [-0.05, 0) is 12.8 Å². The van der Waals surface area contributed by atoms with Gasteiger partial charge >= 0.3 is 11.9 Å². The molecule has 27 heavy (non-hydrogen) atoms. The van der Waals surface area contributed by atoms with Crippen molar-refractivity contribution in [2.75, 3.05) is 7.11 Å². The SMILES string of the molecule is COC1O[C@@]2(CC[C@@H]2OC(O)c2ccccc2)C(OC(C)=O)C1OC(C)=O. The Bertz CT molecular complexity index is 678. The molecule has 2 fully saturated rings. The molecule has 1 saturated heterocycles. The monoisotopic (exact) mass is 380 g/mol. The maximum atomic E-state index is 11.7. The number of aliphatic hydroxyl groups is 1. The minimum atomic E-state index is -1.16. The molecule has 0 aromatic heterocycles. The van der Waals surface area contributed by atoms with E-state index in [4.69, 9.17) is 23.7 Å². The van der Waals surface area contributed by atoms with Crippen molar-refractivity contribution in [3.8, 4) is 0 Å². The molecule has 0 amide bonds. The van der Waals surface area contributed by atoms with Crippen LogP contribution in [0.5, 0.6) is 0 Å². The normalized spacial score (nSPS) is 33.3. The Hall–Kier alpha value is -2.00. The van der Waals surface area contributed by atoms with E-state index in [9.17, 15) is 14.7 Å². The molecule has 1 saturated carbocycles. The Balaban J connectivity index is 1.82. The molecule has 6 atom stereocenters. The summed E-state index contributed by atoms with van der Waals surface area (Å²) in [6.07, 6.45) is -3.35. The molecule has 148 valence electrons. The Morgan fingerprint density at radius 2 is 1.85 bits per heavy atom. The van der Waals surface area contributed by atoms with Crippen LogP contribution in [0.25, 0.3) is 0 Å². The van der Waals surface area contributed by atoms with Crippen molar-refractivity contribution in [1.29, 1.82) is 0 Å². The summed E-state index contributed by atoms with van der Waals surface area (Å²) < 4.78 is 27.9. The lowest BCUT2D eigenvalue weighted by molar-refractivity contribution is -0.287. The zero-order valence-electron chi connectivity index (χ0n) is 15.5. The van der Waals surface area contributed by atoms with Gasteiger partial charge in [-0.3, -0.25) is 9.59 Å². The first-order chi connectivity index (χ1) is 12.9. The molecule has 0 radical (unpaired) electrons. The van der Waals surface area contributed by atoms with Gasteiger partial charge in [0, 0.05) is 26.5 Å². The van der Waals surface area contributed by atoms with Crippen LogP contribution < -0.4 is 0 Å². The second-order valence-electron chi connectivity index (χ2n) is 6.71. The van der Waals surface area contributed by atoms with Crippen molar-refractivity contribution in [2.24, 2.45) is 0 Å². The number of rotatable bonds is 6. The van der Waals surface area contributed by atoms with Crippen LogP contribution in [0.15, 0.2) is 30.3 Å². The smallest absolute Gasteiger partial charge is 0.303 e. The van der Waals surface area contributed by atoms with E-state index < -0.39 is 48.4 Å². The Labute approximate surface area is 157 Å². The molecule has 0 bridgehead atoms. The van der Waals surface area contributed by atoms with Crippen LogP contribution >= 0.6 is 0 Å². The van der Waals surface area contributed by atoms with Crippen molar-refractivity contribution in [3.05, 3.63) is 35.9 Å². The molecule has 2 aliphatic rings. The van der Waals surface area contributed by atoms with Crippen molar-refractivity contribution in [2.45, 2.75) is 63.2 Å². The summed E-state index contributed by atoms with van der Waals surface area (Å²) in [5, 5.41) is 10.4. The van der Waals surface area contributed by atoms with Crippen molar-refractivity contribution >= 4 is 11.9 Å². The lowest BCUT2D eigenvalue weighted by Crippen LogP contribution is -2.62. The molecule has 1 aliphatic carbocycles. The first-order valence-corrected chi connectivity index (χ1v) is 8.81. The van der Waals surface area contributed by atoms with Crippen molar-refractivity contribution in [1.82, 2.24) is 0 Å². The molecular formula is C19H24O8. The molecule has 4 unspecified atom stereocenters. The number of methoxy groups -OCH3 is 1. The molecule has 1 spiro atoms. The van der Waals surface area contributed by atoms with E-state index in [1.165, 1.54) is 21.0 Å². The van der Waals surface area contributed by atoms with E-state index in [1.807, 2.05) is 6.07 Å². The van der Waals surface area contributed by atoms with Crippen LogP contribution in [0.2, 0.25) is 0 Å². The van der Waals surface area contributed by atoms with E-state index in [-0.39, 0.29) is 0 Å². The molecule has 1 aromatic rings. The topological polar surface area (TPSA) is 101 Å². The van der Waals surface area contributed by atoms with E-state index >= 15 is 0 Å². The number of aliphatic hydroxyl groups excluding tert-OH is 1. The summed E-state index contributed by atoms with van der Waals surface area (Å²) in [6, 6.07) is 8.92. The van der Waals surface area contributed by atoms with Crippen LogP contribution in [0.3, 0.4) is 0 Å². The lowest BCUT2D eigenvalue weighted by atomic mass is 9.72. The van der Waals surface area contributed by atoms with Crippen LogP contribution in [-0.2, 0) is 33.3 Å². The van der Waals surface area contributed by atoms with Gasteiger partial charge in [0.15, 0.2) is 24.8 Å². The predicted molar refractivity (Wildman–Crippen MR) is 91.2 cm³/mol. The summed E-state index contributed by atoms with van der Waals surface area (Å²) >= 11 is 0. The lowest BCUT2D eigenvalue weighted by Gasteiger charge is -2.48. The van der Waals surface area contributed by atoms with E-state index in [0.717, 1.165) is 0 Å². The third kappa shape index (κ3) is 3.84. The first-order valence-electron chi connectivity index (χ1n) is 8.81. The Morgan fingerprint density at radius 3 is 2.37 bits per heavy atom. The Morgan fingerprint density at radius 1 is 1.19 bits per heavy atom. The molecular weight excluding hydrogens is 356 g/mol. The summed E-state index contributed by atoms with van der Waals surface area (Å²) in [6.45, 7) is 2.53. The molecule has 8 heteroatoms. The number of ether oxygens (including phenoxy) is 5. The number of hydrogen-bond donors (Lipinski definition) is 1. The second-order valence-corrected chi connectivity index (χ2v) is 6.71. The van der Waals surface area contributed by atoms with Gasteiger partial charge in [0.1, 0.15) is 5.60 Å². The number of carbonyl (C=O) groups is 2. The fourth-order valence-corrected chi connectivity index (χ4v) is 3.65. The van der Waals surface area contributed by atoms with Gasteiger partial charge in [0.25, 0.3) is 0 Å². The van der Waals surface area contributed by atoms with Crippen LogP contribution in [0.4, 0.5) is 0 Å². The summed E-state index contributed by atoms with van der Waals surface area (Å²) in [7, 11) is 1.42. The molecule has 1 heterocycles. The molecule has 1 aromatic carbocycles. The van der Waals surface area contributed by atoms with E-state index in [1.54, 1.807) is 24.3 Å². The summed E-state index contributed by atoms with van der Waals surface area (Å²) in [5.74, 6) is -1.08. The van der Waals surface area contributed by atoms with Crippen LogP contribution in [0.1, 0.15) is 38.5 Å². The van der Waals surface area contributed by atoms with Gasteiger partial charge in [-0.2, -0.15) is 0 Å². The minimum absolute atomic E-state index is 0.509. The highest BCUT2D eigenvalue weighted by Crippen LogP contribution is 2.51. The fraction of sp³-hybridized carbons (Fsp3) is 0.579. The molecule has 1 N–H and O–H groups in total.